The Kier molecular flexibility index (Phi) is 4.40. The number of aryl methyl sites for hydroxylation is 1. The number of fused-ring (bicyclic) bond motifs is 3. The molecule has 6 heteroatoms. The Morgan fingerprint density at radius 3 is 2.96 bits per heavy atom. The molecule has 2 aromatic heterocycles. The fraction of sp³-hybridized carbons (Fsp3) is 0.632. The van der Waals surface area contributed by atoms with Gasteiger partial charge in [0.05, 0.1) is 11.7 Å². The van der Waals surface area contributed by atoms with Crippen molar-refractivity contribution in [3.63, 3.8) is 0 Å². The molecule has 25 heavy (non-hydrogen) atoms. The van der Waals surface area contributed by atoms with Crippen molar-refractivity contribution in [1.29, 1.82) is 0 Å². The molecule has 0 radical (unpaired) electrons. The van der Waals surface area contributed by atoms with E-state index in [0.717, 1.165) is 48.9 Å². The van der Waals surface area contributed by atoms with E-state index in [2.05, 4.69) is 18.8 Å². The first-order valence-corrected chi connectivity index (χ1v) is 10.2. The molecule has 0 saturated carbocycles. The monoisotopic (exact) mass is 359 g/mol. The predicted octanol–water partition coefficient (Wildman–Crippen LogP) is 2.98. The van der Waals surface area contributed by atoms with Gasteiger partial charge in [0.1, 0.15) is 11.4 Å². The SMILES string of the molecule is C[C@H]1CCc2c(sc3ncn(CC(=O)N4CCCC[C@@H]4C)c(=O)c23)C1. The molecule has 0 bridgehead atoms. The number of amides is 1. The van der Waals surface area contributed by atoms with Crippen LogP contribution in [0.5, 0.6) is 0 Å². The van der Waals surface area contributed by atoms with E-state index in [-0.39, 0.29) is 24.1 Å². The summed E-state index contributed by atoms with van der Waals surface area (Å²) in [5.74, 6) is 0.707. The molecule has 2 aliphatic rings. The van der Waals surface area contributed by atoms with Crippen LogP contribution in [0.4, 0.5) is 0 Å². The molecule has 2 atom stereocenters. The van der Waals surface area contributed by atoms with Crippen LogP contribution in [0.3, 0.4) is 0 Å². The molecule has 1 amide bonds. The predicted molar refractivity (Wildman–Crippen MR) is 100 cm³/mol. The number of rotatable bonds is 2. The number of nitrogens with zero attached hydrogens (tertiary/aromatic N) is 3. The summed E-state index contributed by atoms with van der Waals surface area (Å²) in [6.45, 7) is 5.26. The van der Waals surface area contributed by atoms with Crippen LogP contribution in [0.25, 0.3) is 10.2 Å². The minimum absolute atomic E-state index is 0.0353. The van der Waals surface area contributed by atoms with E-state index < -0.39 is 0 Å². The third-order valence-corrected chi connectivity index (χ3v) is 6.87. The first-order chi connectivity index (χ1) is 12.0. The Hall–Kier alpha value is -1.69. The number of carbonyl (C=O) groups is 1. The van der Waals surface area contributed by atoms with Gasteiger partial charge in [0, 0.05) is 17.5 Å². The molecule has 1 aliphatic heterocycles. The fourth-order valence-corrected chi connectivity index (χ4v) is 5.52. The topological polar surface area (TPSA) is 55.2 Å². The van der Waals surface area contributed by atoms with Crippen molar-refractivity contribution >= 4 is 27.5 Å². The number of thiophene rings is 1. The maximum absolute atomic E-state index is 13.0. The van der Waals surface area contributed by atoms with Gasteiger partial charge in [0.2, 0.25) is 5.91 Å². The number of hydrogen-bond donors (Lipinski definition) is 0. The van der Waals surface area contributed by atoms with Crippen LogP contribution in [0, 0.1) is 5.92 Å². The van der Waals surface area contributed by atoms with E-state index in [0.29, 0.717) is 5.92 Å². The van der Waals surface area contributed by atoms with Crippen LogP contribution in [0.15, 0.2) is 11.1 Å². The zero-order chi connectivity index (χ0) is 17.6. The highest BCUT2D eigenvalue weighted by molar-refractivity contribution is 7.18. The summed E-state index contributed by atoms with van der Waals surface area (Å²) in [4.78, 5) is 34.2. The van der Waals surface area contributed by atoms with E-state index in [1.165, 1.54) is 21.4 Å². The normalized spacial score (nSPS) is 23.7. The van der Waals surface area contributed by atoms with Crippen molar-refractivity contribution in [2.45, 2.75) is 65.0 Å². The summed E-state index contributed by atoms with van der Waals surface area (Å²) in [5.41, 5.74) is 1.14. The van der Waals surface area contributed by atoms with E-state index >= 15 is 0 Å². The van der Waals surface area contributed by atoms with Gasteiger partial charge in [-0.3, -0.25) is 14.2 Å². The van der Waals surface area contributed by atoms with Gasteiger partial charge in [-0.1, -0.05) is 6.92 Å². The van der Waals surface area contributed by atoms with E-state index in [4.69, 9.17) is 0 Å². The van der Waals surface area contributed by atoms with Crippen molar-refractivity contribution in [3.05, 3.63) is 27.1 Å². The zero-order valence-electron chi connectivity index (χ0n) is 15.0. The third kappa shape index (κ3) is 3.01. The molecule has 0 unspecified atom stereocenters. The van der Waals surface area contributed by atoms with Crippen molar-refractivity contribution in [2.24, 2.45) is 5.92 Å². The summed E-state index contributed by atoms with van der Waals surface area (Å²) in [6.07, 6.45) is 7.96. The highest BCUT2D eigenvalue weighted by atomic mass is 32.1. The Morgan fingerprint density at radius 2 is 2.16 bits per heavy atom. The van der Waals surface area contributed by atoms with Crippen LogP contribution >= 0.6 is 11.3 Å². The minimum Gasteiger partial charge on any atom is -0.338 e. The number of hydrogen-bond acceptors (Lipinski definition) is 4. The highest BCUT2D eigenvalue weighted by Crippen LogP contribution is 2.35. The highest BCUT2D eigenvalue weighted by Gasteiger charge is 2.26. The lowest BCUT2D eigenvalue weighted by Crippen LogP contribution is -2.44. The van der Waals surface area contributed by atoms with Crippen LogP contribution in [-0.2, 0) is 24.2 Å². The Labute approximate surface area is 151 Å². The molecule has 0 aromatic carbocycles. The Morgan fingerprint density at radius 1 is 1.32 bits per heavy atom. The second-order valence-electron chi connectivity index (χ2n) is 7.64. The number of likely N-dealkylation sites (tertiary alicyclic amines) is 1. The molecule has 2 aromatic rings. The zero-order valence-corrected chi connectivity index (χ0v) is 15.8. The third-order valence-electron chi connectivity index (χ3n) is 5.71. The summed E-state index contributed by atoms with van der Waals surface area (Å²) in [5, 5.41) is 0.758. The van der Waals surface area contributed by atoms with Crippen molar-refractivity contribution in [2.75, 3.05) is 6.54 Å². The molecule has 0 N–H and O–H groups in total. The van der Waals surface area contributed by atoms with Crippen LogP contribution in [0.1, 0.15) is 50.0 Å². The second kappa shape index (κ2) is 6.56. The molecule has 1 saturated heterocycles. The van der Waals surface area contributed by atoms with Gasteiger partial charge >= 0.3 is 0 Å². The molecule has 1 aliphatic carbocycles. The largest absolute Gasteiger partial charge is 0.338 e. The van der Waals surface area contributed by atoms with E-state index in [1.807, 2.05) is 4.90 Å². The lowest BCUT2D eigenvalue weighted by molar-refractivity contribution is -0.135. The molecule has 5 nitrogen and oxygen atoms in total. The fourth-order valence-electron chi connectivity index (χ4n) is 4.18. The number of aromatic nitrogens is 2. The van der Waals surface area contributed by atoms with Gasteiger partial charge in [0.15, 0.2) is 0 Å². The molecular formula is C19H25N3O2S. The Bertz CT molecular complexity index is 869. The van der Waals surface area contributed by atoms with Gasteiger partial charge in [-0.2, -0.15) is 0 Å². The molecule has 134 valence electrons. The second-order valence-corrected chi connectivity index (χ2v) is 8.73. The standard InChI is InChI=1S/C19H25N3O2S/c1-12-6-7-14-15(9-12)25-18-17(14)19(24)21(11-20-18)10-16(23)22-8-4-3-5-13(22)2/h11-13H,3-10H2,1-2H3/t12-,13-/m0/s1. The summed E-state index contributed by atoms with van der Waals surface area (Å²) in [6, 6.07) is 0.268. The van der Waals surface area contributed by atoms with Crippen LogP contribution < -0.4 is 5.56 Å². The summed E-state index contributed by atoms with van der Waals surface area (Å²) >= 11 is 1.65. The first-order valence-electron chi connectivity index (χ1n) is 9.33. The van der Waals surface area contributed by atoms with Gasteiger partial charge in [-0.05, 0) is 56.9 Å². The summed E-state index contributed by atoms with van der Waals surface area (Å²) < 4.78 is 1.51. The van der Waals surface area contributed by atoms with Crippen molar-refractivity contribution in [1.82, 2.24) is 14.5 Å². The molecule has 0 spiro atoms. The van der Waals surface area contributed by atoms with Crippen molar-refractivity contribution < 1.29 is 4.79 Å². The average molecular weight is 359 g/mol. The lowest BCUT2D eigenvalue weighted by Gasteiger charge is -2.33. The average Bonchev–Trinajstić information content (AvgIpc) is 2.95. The van der Waals surface area contributed by atoms with Gasteiger partial charge in [0.25, 0.3) is 5.56 Å². The molecular weight excluding hydrogens is 334 g/mol. The lowest BCUT2D eigenvalue weighted by atomic mass is 9.89. The molecule has 3 heterocycles. The van der Waals surface area contributed by atoms with E-state index in [9.17, 15) is 9.59 Å². The smallest absolute Gasteiger partial charge is 0.262 e. The maximum Gasteiger partial charge on any atom is 0.262 e. The van der Waals surface area contributed by atoms with Crippen LogP contribution in [-0.4, -0.2) is 32.9 Å². The van der Waals surface area contributed by atoms with E-state index in [1.54, 1.807) is 17.7 Å². The van der Waals surface area contributed by atoms with Crippen molar-refractivity contribution in [3.8, 4) is 0 Å². The number of piperidine rings is 1. The minimum atomic E-state index is -0.0462. The first kappa shape index (κ1) is 16.8. The van der Waals surface area contributed by atoms with Gasteiger partial charge in [-0.25, -0.2) is 4.98 Å². The van der Waals surface area contributed by atoms with Gasteiger partial charge < -0.3 is 4.90 Å². The summed E-state index contributed by atoms with van der Waals surface area (Å²) in [7, 11) is 0. The Balaban J connectivity index is 1.65. The maximum atomic E-state index is 13.0. The number of carbonyl (C=O) groups excluding carboxylic acids is 1. The molecule has 4 rings (SSSR count). The van der Waals surface area contributed by atoms with Crippen LogP contribution in [0.2, 0.25) is 0 Å². The molecule has 1 fully saturated rings. The quantitative estimate of drug-likeness (QED) is 0.828. The van der Waals surface area contributed by atoms with Gasteiger partial charge in [-0.15, -0.1) is 11.3 Å².